The topological polar surface area (TPSA) is 61.9 Å². The van der Waals surface area contributed by atoms with Gasteiger partial charge >= 0.3 is 0 Å². The van der Waals surface area contributed by atoms with E-state index >= 15 is 0 Å². The maximum absolute atomic E-state index is 13.6. The molecule has 7 heteroatoms. The van der Waals surface area contributed by atoms with Gasteiger partial charge in [-0.1, -0.05) is 44.2 Å². The number of carbonyl (C=O) groups excluding carboxylic acids is 2. The Bertz CT molecular complexity index is 915. The zero-order valence-electron chi connectivity index (χ0n) is 19.0. The standard InChI is InChI=1S/C25H32FN3O3/c1-4-28(5-2)15-14-27-24(30)22-20-8-6-7-9-21(20)25(31)29(16-17-32-3)23(22)18-10-12-19(26)13-11-18/h6-13,22-23H,4-5,14-17H2,1-3H3,(H,27,30)/t22-,23+/m0/s1. The number of ether oxygens (including phenoxy) is 1. The summed E-state index contributed by atoms with van der Waals surface area (Å²) >= 11 is 0. The van der Waals surface area contributed by atoms with Gasteiger partial charge in [0.1, 0.15) is 5.82 Å². The zero-order chi connectivity index (χ0) is 23.1. The summed E-state index contributed by atoms with van der Waals surface area (Å²) in [5.41, 5.74) is 1.93. The smallest absolute Gasteiger partial charge is 0.254 e. The summed E-state index contributed by atoms with van der Waals surface area (Å²) in [7, 11) is 1.58. The maximum atomic E-state index is 13.6. The second-order valence-electron chi connectivity index (χ2n) is 7.87. The van der Waals surface area contributed by atoms with Crippen molar-refractivity contribution in [3.8, 4) is 0 Å². The molecule has 2 aromatic carbocycles. The van der Waals surface area contributed by atoms with E-state index in [9.17, 15) is 14.0 Å². The number of amides is 2. The minimum absolute atomic E-state index is 0.145. The molecule has 0 saturated carbocycles. The molecule has 3 rings (SSSR count). The van der Waals surface area contributed by atoms with Crippen molar-refractivity contribution in [2.24, 2.45) is 0 Å². The number of fused-ring (bicyclic) bond motifs is 1. The normalized spacial score (nSPS) is 18.0. The van der Waals surface area contributed by atoms with E-state index in [-0.39, 0.29) is 17.6 Å². The van der Waals surface area contributed by atoms with Crippen LogP contribution in [0.25, 0.3) is 0 Å². The van der Waals surface area contributed by atoms with Crippen LogP contribution in [0.1, 0.15) is 47.3 Å². The molecule has 1 heterocycles. The molecule has 2 atom stereocenters. The van der Waals surface area contributed by atoms with Crippen molar-refractivity contribution in [2.75, 3.05) is 46.4 Å². The number of rotatable bonds is 10. The fourth-order valence-electron chi connectivity index (χ4n) is 4.33. The van der Waals surface area contributed by atoms with Crippen molar-refractivity contribution in [1.29, 1.82) is 0 Å². The Morgan fingerprint density at radius 3 is 2.47 bits per heavy atom. The number of likely N-dealkylation sites (N-methyl/N-ethyl adjacent to an activating group) is 1. The van der Waals surface area contributed by atoms with Gasteiger partial charge in [-0.2, -0.15) is 0 Å². The molecule has 0 spiro atoms. The van der Waals surface area contributed by atoms with Gasteiger partial charge in [-0.25, -0.2) is 4.39 Å². The summed E-state index contributed by atoms with van der Waals surface area (Å²) in [6.45, 7) is 7.93. The molecular formula is C25H32FN3O3. The monoisotopic (exact) mass is 441 g/mol. The van der Waals surface area contributed by atoms with Gasteiger partial charge in [0.05, 0.1) is 18.6 Å². The molecule has 2 aromatic rings. The molecule has 1 aliphatic rings. The first-order valence-electron chi connectivity index (χ1n) is 11.2. The van der Waals surface area contributed by atoms with E-state index in [0.717, 1.165) is 19.6 Å². The van der Waals surface area contributed by atoms with E-state index in [1.165, 1.54) is 12.1 Å². The fraction of sp³-hybridized carbons (Fsp3) is 0.440. The molecule has 0 radical (unpaired) electrons. The number of carbonyl (C=O) groups is 2. The van der Waals surface area contributed by atoms with E-state index in [1.54, 1.807) is 36.3 Å². The quantitative estimate of drug-likeness (QED) is 0.615. The molecule has 172 valence electrons. The average Bonchev–Trinajstić information content (AvgIpc) is 2.81. The van der Waals surface area contributed by atoms with Gasteiger partial charge in [-0.15, -0.1) is 0 Å². The lowest BCUT2D eigenvalue weighted by Gasteiger charge is -2.41. The van der Waals surface area contributed by atoms with E-state index in [0.29, 0.717) is 36.4 Å². The third-order valence-corrected chi connectivity index (χ3v) is 6.09. The first-order valence-corrected chi connectivity index (χ1v) is 11.2. The number of hydrogen-bond donors (Lipinski definition) is 1. The van der Waals surface area contributed by atoms with Crippen LogP contribution >= 0.6 is 0 Å². The van der Waals surface area contributed by atoms with Gasteiger partial charge in [0.25, 0.3) is 5.91 Å². The minimum Gasteiger partial charge on any atom is -0.383 e. The van der Waals surface area contributed by atoms with Crippen LogP contribution in [0.15, 0.2) is 48.5 Å². The second-order valence-corrected chi connectivity index (χ2v) is 7.87. The van der Waals surface area contributed by atoms with Crippen molar-refractivity contribution in [3.63, 3.8) is 0 Å². The molecule has 0 unspecified atom stereocenters. The molecule has 6 nitrogen and oxygen atoms in total. The van der Waals surface area contributed by atoms with E-state index in [1.807, 2.05) is 12.1 Å². The summed E-state index contributed by atoms with van der Waals surface area (Å²) in [6.07, 6.45) is 0. The fourth-order valence-corrected chi connectivity index (χ4v) is 4.33. The largest absolute Gasteiger partial charge is 0.383 e. The van der Waals surface area contributed by atoms with Crippen LogP contribution in [0.5, 0.6) is 0 Å². The lowest BCUT2D eigenvalue weighted by Crippen LogP contribution is -2.49. The van der Waals surface area contributed by atoms with Crippen molar-refractivity contribution in [3.05, 3.63) is 71.0 Å². The molecule has 0 aliphatic carbocycles. The highest BCUT2D eigenvalue weighted by atomic mass is 19.1. The van der Waals surface area contributed by atoms with Crippen LogP contribution < -0.4 is 5.32 Å². The van der Waals surface area contributed by atoms with Gasteiger partial charge in [0.15, 0.2) is 0 Å². The highest BCUT2D eigenvalue weighted by Crippen LogP contribution is 2.42. The van der Waals surface area contributed by atoms with Crippen LogP contribution in [-0.2, 0) is 9.53 Å². The van der Waals surface area contributed by atoms with Crippen molar-refractivity contribution >= 4 is 11.8 Å². The SMILES string of the molecule is CCN(CC)CCNC(=O)[C@H]1c2ccccc2C(=O)N(CCOC)[C@@H]1c1ccc(F)cc1. The lowest BCUT2D eigenvalue weighted by molar-refractivity contribution is -0.124. The van der Waals surface area contributed by atoms with Crippen molar-refractivity contribution in [1.82, 2.24) is 15.1 Å². The number of methoxy groups -OCH3 is 1. The predicted octanol–water partition coefficient (Wildman–Crippen LogP) is 3.21. The molecule has 0 fully saturated rings. The molecule has 1 aliphatic heterocycles. The number of nitrogens with one attached hydrogen (secondary N) is 1. The highest BCUT2D eigenvalue weighted by Gasteiger charge is 2.43. The third kappa shape index (κ3) is 5.16. The van der Waals surface area contributed by atoms with Crippen LogP contribution in [-0.4, -0.2) is 68.1 Å². The van der Waals surface area contributed by atoms with Crippen LogP contribution in [0.3, 0.4) is 0 Å². The van der Waals surface area contributed by atoms with Gasteiger partial charge in [0, 0.05) is 32.3 Å². The number of benzene rings is 2. The Hall–Kier alpha value is -2.77. The van der Waals surface area contributed by atoms with Crippen LogP contribution in [0.4, 0.5) is 4.39 Å². The minimum atomic E-state index is -0.608. The summed E-state index contributed by atoms with van der Waals surface area (Å²) in [6, 6.07) is 12.7. The summed E-state index contributed by atoms with van der Waals surface area (Å²) in [5.74, 6) is -1.27. The van der Waals surface area contributed by atoms with Crippen LogP contribution in [0, 0.1) is 5.82 Å². The van der Waals surface area contributed by atoms with Crippen LogP contribution in [0.2, 0.25) is 0 Å². The second kappa shape index (κ2) is 11.2. The van der Waals surface area contributed by atoms with Crippen molar-refractivity contribution < 1.29 is 18.7 Å². The average molecular weight is 442 g/mol. The van der Waals surface area contributed by atoms with E-state index in [4.69, 9.17) is 4.74 Å². The Morgan fingerprint density at radius 1 is 1.12 bits per heavy atom. The first-order chi connectivity index (χ1) is 15.5. The highest BCUT2D eigenvalue weighted by molar-refractivity contribution is 6.01. The van der Waals surface area contributed by atoms with E-state index in [2.05, 4.69) is 24.1 Å². The molecular weight excluding hydrogens is 409 g/mol. The first kappa shape index (κ1) is 23.9. The molecule has 0 aromatic heterocycles. The van der Waals surface area contributed by atoms with Crippen molar-refractivity contribution in [2.45, 2.75) is 25.8 Å². The lowest BCUT2D eigenvalue weighted by atomic mass is 9.79. The maximum Gasteiger partial charge on any atom is 0.254 e. The molecule has 0 bridgehead atoms. The Balaban J connectivity index is 2.00. The Kier molecular flexibility index (Phi) is 8.36. The third-order valence-electron chi connectivity index (χ3n) is 6.09. The zero-order valence-corrected chi connectivity index (χ0v) is 19.0. The number of nitrogens with zero attached hydrogens (tertiary/aromatic N) is 2. The van der Waals surface area contributed by atoms with Gasteiger partial charge < -0.3 is 19.9 Å². The predicted molar refractivity (Wildman–Crippen MR) is 122 cm³/mol. The Labute approximate surface area is 189 Å². The number of hydrogen-bond acceptors (Lipinski definition) is 4. The number of halogens is 1. The van der Waals surface area contributed by atoms with Gasteiger partial charge in [-0.05, 0) is 42.4 Å². The summed E-state index contributed by atoms with van der Waals surface area (Å²) in [5, 5.41) is 3.07. The molecule has 2 amide bonds. The van der Waals surface area contributed by atoms with E-state index < -0.39 is 12.0 Å². The van der Waals surface area contributed by atoms with Gasteiger partial charge in [-0.3, -0.25) is 9.59 Å². The summed E-state index contributed by atoms with van der Waals surface area (Å²) in [4.78, 5) is 30.8. The Morgan fingerprint density at radius 2 is 1.81 bits per heavy atom. The molecule has 32 heavy (non-hydrogen) atoms. The molecule has 1 N–H and O–H groups in total. The summed E-state index contributed by atoms with van der Waals surface area (Å²) < 4.78 is 18.9. The van der Waals surface area contributed by atoms with Gasteiger partial charge in [0.2, 0.25) is 5.91 Å². The molecule has 0 saturated heterocycles.